The normalized spacial score (nSPS) is 10.9. The number of unbranched alkanes of at least 4 members (excludes halogenated alkanes) is 1. The summed E-state index contributed by atoms with van der Waals surface area (Å²) in [6.45, 7) is 6.46. The number of aromatic nitrogens is 2. The molecule has 0 fully saturated rings. The van der Waals surface area contributed by atoms with Crippen LogP contribution in [0.2, 0.25) is 0 Å². The summed E-state index contributed by atoms with van der Waals surface area (Å²) in [6, 6.07) is 5.52. The zero-order chi connectivity index (χ0) is 16.7. The summed E-state index contributed by atoms with van der Waals surface area (Å²) in [5.41, 5.74) is 1.38. The van der Waals surface area contributed by atoms with Crippen molar-refractivity contribution in [3.63, 3.8) is 0 Å². The number of ether oxygens (including phenoxy) is 2. The highest BCUT2D eigenvalue weighted by atomic mass is 16.5. The van der Waals surface area contributed by atoms with Gasteiger partial charge in [0, 0.05) is 19.2 Å². The Morgan fingerprint density at radius 2 is 2.17 bits per heavy atom. The molecule has 0 spiro atoms. The van der Waals surface area contributed by atoms with Crippen molar-refractivity contribution in [2.45, 2.75) is 33.2 Å². The SMILES string of the molecule is CCCCNC(=O)c1ccc2c(OCC)n(CCOC)nc2c1. The van der Waals surface area contributed by atoms with E-state index in [4.69, 9.17) is 9.47 Å². The number of hydrogen-bond donors (Lipinski definition) is 1. The Labute approximate surface area is 136 Å². The molecule has 1 N–H and O–H groups in total. The standard InChI is InChI=1S/C17H25N3O3/c1-4-6-9-18-16(21)13-7-8-14-15(12-13)19-20(10-11-22-3)17(14)23-5-2/h7-8,12H,4-6,9-11H2,1-3H3,(H,18,21). The van der Waals surface area contributed by atoms with Gasteiger partial charge in [-0.15, -0.1) is 0 Å². The van der Waals surface area contributed by atoms with Crippen LogP contribution in [0.5, 0.6) is 5.88 Å². The third-order valence-electron chi connectivity index (χ3n) is 3.56. The van der Waals surface area contributed by atoms with Crippen LogP contribution in [0, 0.1) is 0 Å². The van der Waals surface area contributed by atoms with Gasteiger partial charge >= 0.3 is 0 Å². The van der Waals surface area contributed by atoms with E-state index in [0.717, 1.165) is 29.6 Å². The van der Waals surface area contributed by atoms with Gasteiger partial charge in [-0.25, -0.2) is 4.68 Å². The van der Waals surface area contributed by atoms with E-state index in [1.54, 1.807) is 11.8 Å². The maximum Gasteiger partial charge on any atom is 0.251 e. The molecule has 0 aliphatic rings. The van der Waals surface area contributed by atoms with E-state index in [2.05, 4.69) is 17.3 Å². The van der Waals surface area contributed by atoms with Gasteiger partial charge in [0.25, 0.3) is 5.91 Å². The molecule has 0 saturated heterocycles. The fourth-order valence-corrected chi connectivity index (χ4v) is 2.35. The van der Waals surface area contributed by atoms with Gasteiger partial charge in [-0.05, 0) is 31.5 Å². The number of rotatable bonds is 9. The second-order valence-corrected chi connectivity index (χ2v) is 5.30. The van der Waals surface area contributed by atoms with Crippen molar-refractivity contribution < 1.29 is 14.3 Å². The highest BCUT2D eigenvalue weighted by Crippen LogP contribution is 2.26. The van der Waals surface area contributed by atoms with Gasteiger partial charge in [-0.2, -0.15) is 5.10 Å². The van der Waals surface area contributed by atoms with Crippen molar-refractivity contribution in [1.82, 2.24) is 15.1 Å². The van der Waals surface area contributed by atoms with Crippen LogP contribution in [0.15, 0.2) is 18.2 Å². The van der Waals surface area contributed by atoms with Crippen LogP contribution in [0.3, 0.4) is 0 Å². The Balaban J connectivity index is 2.26. The number of carbonyl (C=O) groups is 1. The number of nitrogens with zero attached hydrogens (tertiary/aromatic N) is 2. The monoisotopic (exact) mass is 319 g/mol. The lowest BCUT2D eigenvalue weighted by molar-refractivity contribution is 0.0953. The summed E-state index contributed by atoms with van der Waals surface area (Å²) in [7, 11) is 1.66. The van der Waals surface area contributed by atoms with E-state index in [1.165, 1.54) is 0 Å². The number of methoxy groups -OCH3 is 1. The second kappa shape index (κ2) is 8.53. The molecule has 0 bridgehead atoms. The molecule has 2 aromatic rings. The van der Waals surface area contributed by atoms with E-state index >= 15 is 0 Å². The molecular weight excluding hydrogens is 294 g/mol. The third kappa shape index (κ3) is 4.22. The van der Waals surface area contributed by atoms with E-state index in [9.17, 15) is 4.79 Å². The lowest BCUT2D eigenvalue weighted by Gasteiger charge is -2.07. The molecule has 1 heterocycles. The molecule has 0 radical (unpaired) electrons. The Morgan fingerprint density at radius 3 is 2.87 bits per heavy atom. The van der Waals surface area contributed by atoms with E-state index in [1.807, 2.05) is 25.1 Å². The largest absolute Gasteiger partial charge is 0.478 e. The number of carbonyl (C=O) groups excluding carboxylic acids is 1. The first kappa shape index (κ1) is 17.3. The maximum atomic E-state index is 12.2. The molecule has 6 heteroatoms. The highest BCUT2D eigenvalue weighted by Gasteiger charge is 2.14. The van der Waals surface area contributed by atoms with Gasteiger partial charge in [0.1, 0.15) is 0 Å². The minimum atomic E-state index is -0.0650. The minimum Gasteiger partial charge on any atom is -0.478 e. The van der Waals surface area contributed by atoms with E-state index < -0.39 is 0 Å². The molecule has 0 aliphatic carbocycles. The molecule has 126 valence electrons. The maximum absolute atomic E-state index is 12.2. The van der Waals surface area contributed by atoms with Crippen molar-refractivity contribution in [2.75, 3.05) is 26.9 Å². The Kier molecular flexibility index (Phi) is 6.40. The minimum absolute atomic E-state index is 0.0650. The van der Waals surface area contributed by atoms with Crippen LogP contribution in [0.4, 0.5) is 0 Å². The highest BCUT2D eigenvalue weighted by molar-refractivity contribution is 5.98. The van der Waals surface area contributed by atoms with Crippen LogP contribution in [-0.2, 0) is 11.3 Å². The Hall–Kier alpha value is -2.08. The van der Waals surface area contributed by atoms with Crippen molar-refractivity contribution in [3.05, 3.63) is 23.8 Å². The molecule has 23 heavy (non-hydrogen) atoms. The van der Waals surface area contributed by atoms with Crippen LogP contribution >= 0.6 is 0 Å². The zero-order valence-corrected chi connectivity index (χ0v) is 14.1. The van der Waals surface area contributed by atoms with Crippen LogP contribution < -0.4 is 10.1 Å². The molecule has 2 rings (SSSR count). The Morgan fingerprint density at radius 1 is 1.35 bits per heavy atom. The molecule has 0 aliphatic heterocycles. The smallest absolute Gasteiger partial charge is 0.251 e. The molecule has 1 amide bonds. The topological polar surface area (TPSA) is 65.4 Å². The first-order chi connectivity index (χ1) is 11.2. The predicted octanol–water partition coefficient (Wildman–Crippen LogP) is 2.61. The van der Waals surface area contributed by atoms with Gasteiger partial charge in [0.2, 0.25) is 5.88 Å². The van der Waals surface area contributed by atoms with E-state index in [-0.39, 0.29) is 5.91 Å². The van der Waals surface area contributed by atoms with Crippen molar-refractivity contribution in [2.24, 2.45) is 0 Å². The average molecular weight is 319 g/mol. The van der Waals surface area contributed by atoms with Gasteiger partial charge < -0.3 is 14.8 Å². The zero-order valence-electron chi connectivity index (χ0n) is 14.1. The first-order valence-electron chi connectivity index (χ1n) is 8.11. The summed E-state index contributed by atoms with van der Waals surface area (Å²) in [5, 5.41) is 8.37. The Bertz CT molecular complexity index is 652. The number of benzene rings is 1. The number of fused-ring (bicyclic) bond motifs is 1. The summed E-state index contributed by atoms with van der Waals surface area (Å²) >= 11 is 0. The number of amides is 1. The van der Waals surface area contributed by atoms with Crippen molar-refractivity contribution in [3.8, 4) is 5.88 Å². The van der Waals surface area contributed by atoms with Crippen LogP contribution in [0.1, 0.15) is 37.0 Å². The molecule has 0 saturated carbocycles. The summed E-state index contributed by atoms with van der Waals surface area (Å²) in [5.74, 6) is 0.655. The van der Waals surface area contributed by atoms with Crippen LogP contribution in [-0.4, -0.2) is 42.6 Å². The molecule has 1 aromatic heterocycles. The number of nitrogens with one attached hydrogen (secondary N) is 1. The third-order valence-corrected chi connectivity index (χ3v) is 3.56. The molecule has 6 nitrogen and oxygen atoms in total. The molecular formula is C17H25N3O3. The summed E-state index contributed by atoms with van der Waals surface area (Å²) in [4.78, 5) is 12.2. The second-order valence-electron chi connectivity index (χ2n) is 5.30. The van der Waals surface area contributed by atoms with Gasteiger partial charge in [-0.3, -0.25) is 4.79 Å². The van der Waals surface area contributed by atoms with Gasteiger partial charge in [-0.1, -0.05) is 13.3 Å². The van der Waals surface area contributed by atoms with E-state index in [0.29, 0.717) is 31.9 Å². The van der Waals surface area contributed by atoms with Gasteiger partial charge in [0.15, 0.2) is 0 Å². The fourth-order valence-electron chi connectivity index (χ4n) is 2.35. The molecule has 0 unspecified atom stereocenters. The summed E-state index contributed by atoms with van der Waals surface area (Å²) < 4.78 is 12.6. The quantitative estimate of drug-likeness (QED) is 0.722. The molecule has 0 atom stereocenters. The van der Waals surface area contributed by atoms with Crippen molar-refractivity contribution >= 4 is 16.8 Å². The number of hydrogen-bond acceptors (Lipinski definition) is 4. The lowest BCUT2D eigenvalue weighted by atomic mass is 10.1. The summed E-state index contributed by atoms with van der Waals surface area (Å²) in [6.07, 6.45) is 2.04. The predicted molar refractivity (Wildman–Crippen MR) is 90.0 cm³/mol. The average Bonchev–Trinajstić information content (AvgIpc) is 2.90. The lowest BCUT2D eigenvalue weighted by Crippen LogP contribution is -2.24. The van der Waals surface area contributed by atoms with Crippen LogP contribution in [0.25, 0.3) is 10.9 Å². The molecule has 1 aromatic carbocycles. The fraction of sp³-hybridized carbons (Fsp3) is 0.529. The van der Waals surface area contributed by atoms with Gasteiger partial charge in [0.05, 0.1) is 30.7 Å². The first-order valence-corrected chi connectivity index (χ1v) is 8.11. The van der Waals surface area contributed by atoms with Crippen molar-refractivity contribution in [1.29, 1.82) is 0 Å².